The number of rotatable bonds is 3. The Balaban J connectivity index is 1.87. The van der Waals surface area contributed by atoms with Crippen LogP contribution in [0.3, 0.4) is 0 Å². The molecule has 0 aromatic heterocycles. The summed E-state index contributed by atoms with van der Waals surface area (Å²) in [6.07, 6.45) is -1.04. The molecule has 2 aromatic carbocycles. The summed E-state index contributed by atoms with van der Waals surface area (Å²) in [4.78, 5) is 11.8. The Morgan fingerprint density at radius 3 is 2.64 bits per heavy atom. The first-order valence-electron chi connectivity index (χ1n) is 7.36. The molecule has 1 N–H and O–H groups in total. The van der Waals surface area contributed by atoms with E-state index in [4.69, 9.17) is 10.00 Å². The molecule has 1 aliphatic heterocycles. The maximum atomic E-state index is 13.6. The Bertz CT molecular complexity index is 998. The summed E-state index contributed by atoms with van der Waals surface area (Å²) < 4.78 is 45.8. The topological polar surface area (TPSA) is 96.3 Å². The highest BCUT2D eigenvalue weighted by molar-refractivity contribution is 7.90. The quantitative estimate of drug-likeness (QED) is 0.904. The highest BCUT2D eigenvalue weighted by Gasteiger charge is 2.38. The maximum Gasteiger partial charge on any atom is 0.275 e. The number of nitrogens with zero attached hydrogens (tertiary/aromatic N) is 1. The Hall–Kier alpha value is -2.92. The fraction of sp³-hybridized carbons (Fsp3) is 0.176. The zero-order valence-corrected chi connectivity index (χ0v) is 13.9. The summed E-state index contributed by atoms with van der Waals surface area (Å²) >= 11 is 0. The molecule has 3 rings (SSSR count). The van der Waals surface area contributed by atoms with Crippen LogP contribution >= 0.6 is 0 Å². The lowest BCUT2D eigenvalue weighted by molar-refractivity contribution is -0.126. The van der Waals surface area contributed by atoms with Gasteiger partial charge >= 0.3 is 0 Å². The van der Waals surface area contributed by atoms with Crippen molar-refractivity contribution in [2.24, 2.45) is 0 Å². The molecule has 0 aliphatic carbocycles. The van der Waals surface area contributed by atoms with E-state index in [0.717, 1.165) is 23.8 Å². The van der Waals surface area contributed by atoms with Crippen LogP contribution in [0.15, 0.2) is 47.4 Å². The molecule has 25 heavy (non-hydrogen) atoms. The van der Waals surface area contributed by atoms with Gasteiger partial charge in [0.25, 0.3) is 15.9 Å². The van der Waals surface area contributed by atoms with Crippen LogP contribution in [0.2, 0.25) is 0 Å². The van der Waals surface area contributed by atoms with E-state index >= 15 is 0 Å². The molecule has 6 nitrogen and oxygen atoms in total. The van der Waals surface area contributed by atoms with Gasteiger partial charge in [0, 0.05) is 11.5 Å². The van der Waals surface area contributed by atoms with Crippen LogP contribution in [0.25, 0.3) is 0 Å². The molecule has 1 aliphatic rings. The Morgan fingerprint density at radius 1 is 1.24 bits per heavy atom. The van der Waals surface area contributed by atoms with Gasteiger partial charge < -0.3 is 4.74 Å². The molecule has 0 fully saturated rings. The number of para-hydroxylation sites is 1. The number of carbonyl (C=O) groups excluding carboxylic acids is 1. The van der Waals surface area contributed by atoms with Crippen molar-refractivity contribution < 1.29 is 22.3 Å². The van der Waals surface area contributed by atoms with Gasteiger partial charge in [-0.2, -0.15) is 5.26 Å². The smallest absolute Gasteiger partial charge is 0.275 e. The third-order valence-corrected chi connectivity index (χ3v) is 5.38. The van der Waals surface area contributed by atoms with Gasteiger partial charge in [-0.15, -0.1) is 0 Å². The maximum absolute atomic E-state index is 13.6. The van der Waals surface area contributed by atoms with E-state index < -0.39 is 38.3 Å². The van der Waals surface area contributed by atoms with Crippen LogP contribution in [0.1, 0.15) is 24.0 Å². The average Bonchev–Trinajstić information content (AvgIpc) is 2.92. The number of nitriles is 1. The van der Waals surface area contributed by atoms with Gasteiger partial charge in [0.2, 0.25) is 0 Å². The molecule has 8 heteroatoms. The summed E-state index contributed by atoms with van der Waals surface area (Å²) in [5, 5.41) is 8.98. The van der Waals surface area contributed by atoms with E-state index in [2.05, 4.69) is 0 Å². The third-order valence-electron chi connectivity index (χ3n) is 3.99. The minimum atomic E-state index is -4.41. The van der Waals surface area contributed by atoms with Gasteiger partial charge in [0.05, 0.1) is 0 Å². The number of hydrogen-bond donors (Lipinski definition) is 1. The SMILES string of the molecule is CC1c2ccccc2OC1C(=O)NS(=O)(=O)c1cccc(F)c1C#N. The average molecular weight is 360 g/mol. The molecule has 1 amide bonds. The van der Waals surface area contributed by atoms with Crippen molar-refractivity contribution in [3.8, 4) is 11.8 Å². The molecule has 0 bridgehead atoms. The molecule has 0 saturated heterocycles. The van der Waals surface area contributed by atoms with Gasteiger partial charge in [-0.05, 0) is 18.2 Å². The number of sulfonamides is 1. The number of hydrogen-bond acceptors (Lipinski definition) is 5. The molecule has 0 radical (unpaired) electrons. The van der Waals surface area contributed by atoms with Crippen molar-refractivity contribution >= 4 is 15.9 Å². The second-order valence-corrected chi connectivity index (χ2v) is 7.21. The second kappa shape index (κ2) is 6.18. The van der Waals surface area contributed by atoms with Crippen molar-refractivity contribution in [3.63, 3.8) is 0 Å². The lowest BCUT2D eigenvalue weighted by Gasteiger charge is -2.16. The normalized spacial score (nSPS) is 18.8. The number of nitrogens with one attached hydrogen (secondary N) is 1. The lowest BCUT2D eigenvalue weighted by Crippen LogP contribution is -2.42. The number of halogens is 1. The Kier molecular flexibility index (Phi) is 4.18. The fourth-order valence-electron chi connectivity index (χ4n) is 2.73. The van der Waals surface area contributed by atoms with Crippen LogP contribution in [-0.2, 0) is 14.8 Å². The summed E-state index contributed by atoms with van der Waals surface area (Å²) in [7, 11) is -4.41. The van der Waals surface area contributed by atoms with Crippen LogP contribution in [0.5, 0.6) is 5.75 Å². The first kappa shape index (κ1) is 16.9. The lowest BCUT2D eigenvalue weighted by atomic mass is 9.97. The van der Waals surface area contributed by atoms with Crippen LogP contribution in [0, 0.1) is 17.1 Å². The minimum Gasteiger partial charge on any atom is -0.480 e. The Morgan fingerprint density at radius 2 is 1.96 bits per heavy atom. The van der Waals surface area contributed by atoms with Crippen molar-refractivity contribution in [2.75, 3.05) is 0 Å². The van der Waals surface area contributed by atoms with E-state index in [1.807, 2.05) is 4.72 Å². The number of ether oxygens (including phenoxy) is 1. The van der Waals surface area contributed by atoms with E-state index in [1.54, 1.807) is 31.2 Å². The van der Waals surface area contributed by atoms with Gasteiger partial charge in [0.15, 0.2) is 6.10 Å². The van der Waals surface area contributed by atoms with Crippen molar-refractivity contribution in [2.45, 2.75) is 23.8 Å². The first-order valence-corrected chi connectivity index (χ1v) is 8.84. The largest absolute Gasteiger partial charge is 0.480 e. The van der Waals surface area contributed by atoms with Gasteiger partial charge in [0.1, 0.15) is 28.1 Å². The molecular weight excluding hydrogens is 347 g/mol. The highest BCUT2D eigenvalue weighted by Crippen LogP contribution is 2.37. The molecule has 1 heterocycles. The summed E-state index contributed by atoms with van der Waals surface area (Å²) in [5.74, 6) is -1.70. The predicted octanol–water partition coefficient (Wildman–Crippen LogP) is 2.07. The third kappa shape index (κ3) is 2.94. The second-order valence-electron chi connectivity index (χ2n) is 5.56. The van der Waals surface area contributed by atoms with E-state index in [0.29, 0.717) is 5.75 Å². The fourth-order valence-corrected chi connectivity index (χ4v) is 3.89. The van der Waals surface area contributed by atoms with Crippen molar-refractivity contribution in [3.05, 3.63) is 59.4 Å². The monoisotopic (exact) mass is 360 g/mol. The number of benzene rings is 2. The number of fused-ring (bicyclic) bond motifs is 1. The Labute approximate surface area is 143 Å². The standard InChI is InChI=1S/C17H13FN2O4S/c1-10-11-5-2-3-7-14(11)24-16(10)17(21)20-25(22,23)15-8-4-6-13(18)12(15)9-19/h2-8,10,16H,1H3,(H,20,21). The van der Waals surface area contributed by atoms with Crippen LogP contribution in [-0.4, -0.2) is 20.4 Å². The molecular formula is C17H13FN2O4S. The molecule has 2 unspecified atom stereocenters. The van der Waals surface area contributed by atoms with Crippen LogP contribution < -0.4 is 9.46 Å². The van der Waals surface area contributed by atoms with Gasteiger partial charge in [-0.25, -0.2) is 17.5 Å². The predicted molar refractivity (Wildman–Crippen MR) is 85.7 cm³/mol. The highest BCUT2D eigenvalue weighted by atomic mass is 32.2. The number of amides is 1. The minimum absolute atomic E-state index is 0.352. The van der Waals surface area contributed by atoms with Gasteiger partial charge in [-0.1, -0.05) is 31.2 Å². The summed E-state index contributed by atoms with van der Waals surface area (Å²) in [6.45, 7) is 1.74. The van der Waals surface area contributed by atoms with Gasteiger partial charge in [-0.3, -0.25) is 4.79 Å². The zero-order chi connectivity index (χ0) is 18.2. The molecule has 128 valence electrons. The summed E-state index contributed by atoms with van der Waals surface area (Å²) in [6, 6.07) is 11.7. The van der Waals surface area contributed by atoms with Crippen LogP contribution in [0.4, 0.5) is 4.39 Å². The molecule has 2 atom stereocenters. The molecule has 0 spiro atoms. The van der Waals surface area contributed by atoms with E-state index in [1.165, 1.54) is 6.07 Å². The first-order chi connectivity index (χ1) is 11.8. The molecule has 2 aromatic rings. The van der Waals surface area contributed by atoms with E-state index in [-0.39, 0.29) is 5.92 Å². The van der Waals surface area contributed by atoms with Crippen molar-refractivity contribution in [1.82, 2.24) is 4.72 Å². The number of carbonyl (C=O) groups is 1. The summed E-state index contributed by atoms with van der Waals surface area (Å²) in [5.41, 5.74) is 0.148. The molecule has 0 saturated carbocycles. The van der Waals surface area contributed by atoms with Crippen molar-refractivity contribution in [1.29, 1.82) is 5.26 Å². The van der Waals surface area contributed by atoms with E-state index in [9.17, 15) is 17.6 Å². The zero-order valence-electron chi connectivity index (χ0n) is 13.1.